The predicted molar refractivity (Wildman–Crippen MR) is 81.2 cm³/mol. The molecule has 0 N–H and O–H groups in total. The van der Waals surface area contributed by atoms with Crippen LogP contribution in [0.3, 0.4) is 0 Å². The van der Waals surface area contributed by atoms with E-state index < -0.39 is 0 Å². The van der Waals surface area contributed by atoms with Crippen LogP contribution < -0.4 is 4.74 Å². The Morgan fingerprint density at radius 2 is 2.05 bits per heavy atom. The number of halogens is 1. The lowest BCUT2D eigenvalue weighted by Crippen LogP contribution is -2.30. The Hall–Kier alpha value is -0.730. The second-order valence-corrected chi connectivity index (χ2v) is 5.96. The number of likely N-dealkylation sites (tertiary alicyclic amines) is 1. The van der Waals surface area contributed by atoms with E-state index in [-0.39, 0.29) is 0 Å². The van der Waals surface area contributed by atoms with Gasteiger partial charge in [-0.1, -0.05) is 18.6 Å². The number of rotatable bonds is 5. The maximum atomic E-state index is 6.29. The van der Waals surface area contributed by atoms with E-state index in [1.807, 2.05) is 12.1 Å². The van der Waals surface area contributed by atoms with Crippen molar-refractivity contribution in [2.75, 3.05) is 26.7 Å². The average molecular weight is 282 g/mol. The molecule has 1 saturated heterocycles. The number of methoxy groups -OCH3 is 1. The first-order chi connectivity index (χ1) is 9.28. The second-order valence-electron chi connectivity index (χ2n) is 5.35. The molecule has 0 spiro atoms. The van der Waals surface area contributed by atoms with Crippen molar-refractivity contribution in [2.24, 2.45) is 0 Å². The van der Waals surface area contributed by atoms with Crippen LogP contribution in [0.15, 0.2) is 24.3 Å². The van der Waals surface area contributed by atoms with Gasteiger partial charge >= 0.3 is 0 Å². The quantitative estimate of drug-likeness (QED) is 0.763. The largest absolute Gasteiger partial charge is 0.497 e. The summed E-state index contributed by atoms with van der Waals surface area (Å²) in [5, 5.41) is 0.350. The summed E-state index contributed by atoms with van der Waals surface area (Å²) in [5.41, 5.74) is 1.39. The van der Waals surface area contributed by atoms with Crippen molar-refractivity contribution in [3.8, 4) is 5.75 Å². The lowest BCUT2D eigenvalue weighted by atomic mass is 10.1. The van der Waals surface area contributed by atoms with Crippen LogP contribution in [0.5, 0.6) is 5.75 Å². The Kier molecular flexibility index (Phi) is 5.99. The Morgan fingerprint density at radius 3 is 2.79 bits per heavy atom. The Labute approximate surface area is 121 Å². The van der Waals surface area contributed by atoms with Crippen LogP contribution in [0.2, 0.25) is 0 Å². The van der Waals surface area contributed by atoms with Crippen LogP contribution in [0.1, 0.15) is 31.2 Å². The number of nitrogens with zero attached hydrogens (tertiary/aromatic N) is 1. The highest BCUT2D eigenvalue weighted by atomic mass is 35.5. The summed E-state index contributed by atoms with van der Waals surface area (Å²) in [6.45, 7) is 3.44. The minimum atomic E-state index is 0.350. The molecule has 106 valence electrons. The van der Waals surface area contributed by atoms with Gasteiger partial charge in [0.1, 0.15) is 5.75 Å². The minimum absolute atomic E-state index is 0.350. The first kappa shape index (κ1) is 14.7. The van der Waals surface area contributed by atoms with E-state index in [2.05, 4.69) is 17.0 Å². The second kappa shape index (κ2) is 7.76. The first-order valence-electron chi connectivity index (χ1n) is 7.27. The van der Waals surface area contributed by atoms with Crippen molar-refractivity contribution in [2.45, 2.75) is 37.5 Å². The van der Waals surface area contributed by atoms with E-state index in [1.54, 1.807) is 7.11 Å². The Morgan fingerprint density at radius 1 is 1.26 bits per heavy atom. The van der Waals surface area contributed by atoms with Crippen LogP contribution in [-0.2, 0) is 6.42 Å². The zero-order valence-corrected chi connectivity index (χ0v) is 12.5. The third-order valence-electron chi connectivity index (χ3n) is 3.80. The summed E-state index contributed by atoms with van der Waals surface area (Å²) in [6.07, 6.45) is 6.09. The highest BCUT2D eigenvalue weighted by Gasteiger charge is 2.15. The van der Waals surface area contributed by atoms with Crippen molar-refractivity contribution >= 4 is 11.6 Å². The molecule has 1 aliphatic rings. The molecule has 0 saturated carbocycles. The van der Waals surface area contributed by atoms with Crippen molar-refractivity contribution in [3.63, 3.8) is 0 Å². The minimum Gasteiger partial charge on any atom is -0.497 e. The van der Waals surface area contributed by atoms with E-state index in [0.29, 0.717) is 5.38 Å². The first-order valence-corrected chi connectivity index (χ1v) is 7.71. The van der Waals surface area contributed by atoms with Crippen molar-refractivity contribution in [1.82, 2.24) is 4.90 Å². The molecular formula is C16H24ClNO. The van der Waals surface area contributed by atoms with E-state index in [4.69, 9.17) is 16.3 Å². The summed E-state index contributed by atoms with van der Waals surface area (Å²) in [6, 6.07) is 8.39. The van der Waals surface area contributed by atoms with Gasteiger partial charge in [-0.25, -0.2) is 0 Å². The van der Waals surface area contributed by atoms with Gasteiger partial charge in [0, 0.05) is 11.9 Å². The van der Waals surface area contributed by atoms with Gasteiger partial charge < -0.3 is 9.64 Å². The van der Waals surface area contributed by atoms with E-state index >= 15 is 0 Å². The summed E-state index contributed by atoms with van der Waals surface area (Å²) in [7, 11) is 1.71. The molecule has 0 amide bonds. The maximum Gasteiger partial charge on any atom is 0.118 e. The number of benzene rings is 1. The Bertz CT molecular complexity index is 366. The van der Waals surface area contributed by atoms with Crippen molar-refractivity contribution in [3.05, 3.63) is 29.8 Å². The molecule has 2 nitrogen and oxygen atoms in total. The van der Waals surface area contributed by atoms with E-state index in [9.17, 15) is 0 Å². The van der Waals surface area contributed by atoms with Crippen molar-refractivity contribution in [1.29, 1.82) is 0 Å². The van der Waals surface area contributed by atoms with Gasteiger partial charge in [-0.2, -0.15) is 0 Å². The van der Waals surface area contributed by atoms with Crippen LogP contribution in [0.4, 0.5) is 0 Å². The fourth-order valence-electron chi connectivity index (χ4n) is 2.67. The summed E-state index contributed by atoms with van der Waals surface area (Å²) in [4.78, 5) is 2.52. The van der Waals surface area contributed by atoms with Crippen molar-refractivity contribution < 1.29 is 4.74 Å². The maximum absolute atomic E-state index is 6.29. The molecule has 1 aliphatic heterocycles. The molecule has 3 heteroatoms. The molecule has 0 bridgehead atoms. The van der Waals surface area contributed by atoms with Crippen LogP contribution in [0.25, 0.3) is 0 Å². The van der Waals surface area contributed by atoms with Gasteiger partial charge in [0.05, 0.1) is 7.11 Å². The van der Waals surface area contributed by atoms with Crippen LogP contribution >= 0.6 is 11.6 Å². The molecule has 1 aromatic carbocycles. The van der Waals surface area contributed by atoms with E-state index in [0.717, 1.165) is 25.3 Å². The van der Waals surface area contributed by atoms with E-state index in [1.165, 1.54) is 37.8 Å². The molecule has 1 fully saturated rings. The number of ether oxygens (including phenoxy) is 1. The molecular weight excluding hydrogens is 258 g/mol. The molecule has 0 unspecified atom stereocenters. The standard InChI is InChI=1S/C16H24ClNO/c1-19-16-9-7-14(8-10-16)5-4-12-18-11-3-2-6-15(17)13-18/h7-10,15H,2-6,11-13H2,1H3/t15-/m1/s1. The molecule has 1 atom stereocenters. The molecule has 0 aromatic heterocycles. The topological polar surface area (TPSA) is 12.5 Å². The third-order valence-corrected chi connectivity index (χ3v) is 4.15. The highest BCUT2D eigenvalue weighted by Crippen LogP contribution is 2.16. The summed E-state index contributed by atoms with van der Waals surface area (Å²) >= 11 is 6.29. The molecule has 1 heterocycles. The van der Waals surface area contributed by atoms with Crippen LogP contribution in [-0.4, -0.2) is 37.0 Å². The molecule has 2 rings (SSSR count). The normalized spacial score (nSPS) is 21.1. The lowest BCUT2D eigenvalue weighted by Gasteiger charge is -2.21. The fraction of sp³-hybridized carbons (Fsp3) is 0.625. The summed E-state index contributed by atoms with van der Waals surface area (Å²) in [5.74, 6) is 0.932. The number of aryl methyl sites for hydroxylation is 1. The molecule has 1 aromatic rings. The number of alkyl halides is 1. The van der Waals surface area contributed by atoms with Gasteiger partial charge in [-0.15, -0.1) is 11.6 Å². The SMILES string of the molecule is COc1ccc(CCCN2CCCC[C@@H](Cl)C2)cc1. The zero-order chi connectivity index (χ0) is 13.5. The summed E-state index contributed by atoms with van der Waals surface area (Å²) < 4.78 is 5.17. The monoisotopic (exact) mass is 281 g/mol. The molecule has 0 radical (unpaired) electrons. The van der Waals surface area contributed by atoms with Gasteiger partial charge in [-0.3, -0.25) is 0 Å². The smallest absolute Gasteiger partial charge is 0.118 e. The Balaban J connectivity index is 1.72. The molecule has 0 aliphatic carbocycles. The predicted octanol–water partition coefficient (Wildman–Crippen LogP) is 3.72. The molecule has 19 heavy (non-hydrogen) atoms. The van der Waals surface area contributed by atoms with Gasteiger partial charge in [-0.05, 0) is 56.5 Å². The van der Waals surface area contributed by atoms with Gasteiger partial charge in [0.25, 0.3) is 0 Å². The third kappa shape index (κ3) is 5.04. The number of hydrogen-bond donors (Lipinski definition) is 0. The fourth-order valence-corrected chi connectivity index (χ4v) is 3.02. The zero-order valence-electron chi connectivity index (χ0n) is 11.8. The lowest BCUT2D eigenvalue weighted by molar-refractivity contribution is 0.283. The average Bonchev–Trinajstić information content (AvgIpc) is 2.64. The highest BCUT2D eigenvalue weighted by molar-refractivity contribution is 6.20. The number of hydrogen-bond acceptors (Lipinski definition) is 2. The van der Waals surface area contributed by atoms with Gasteiger partial charge in [0.15, 0.2) is 0 Å². The van der Waals surface area contributed by atoms with Gasteiger partial charge in [0.2, 0.25) is 0 Å². The van der Waals surface area contributed by atoms with Crippen LogP contribution in [0, 0.1) is 0 Å².